The minimum atomic E-state index is -0.344. The number of hydrogen-bond acceptors (Lipinski definition) is 6. The first-order valence-electron chi connectivity index (χ1n) is 7.85. The summed E-state index contributed by atoms with van der Waals surface area (Å²) in [6, 6.07) is 6.44. The average molecular weight is 332 g/mol. The number of aromatic amines is 1. The van der Waals surface area contributed by atoms with Gasteiger partial charge < -0.3 is 14.5 Å². The number of nitrogens with one attached hydrogen (secondary N) is 2. The van der Waals surface area contributed by atoms with E-state index in [9.17, 15) is 9.59 Å². The number of rotatable bonds is 5. The third-order valence-corrected chi connectivity index (χ3v) is 3.94. The van der Waals surface area contributed by atoms with Crippen LogP contribution in [-0.4, -0.2) is 53.9 Å². The van der Waals surface area contributed by atoms with E-state index in [0.717, 1.165) is 24.6 Å². The maximum atomic E-state index is 12.2. The van der Waals surface area contributed by atoms with Crippen molar-refractivity contribution in [2.75, 3.05) is 32.8 Å². The Morgan fingerprint density at radius 1 is 1.33 bits per heavy atom. The van der Waals surface area contributed by atoms with Crippen LogP contribution in [-0.2, 0) is 4.74 Å². The summed E-state index contributed by atoms with van der Waals surface area (Å²) in [4.78, 5) is 25.5. The van der Waals surface area contributed by atoms with E-state index in [1.165, 1.54) is 12.1 Å². The minimum absolute atomic E-state index is 0.0747. The summed E-state index contributed by atoms with van der Waals surface area (Å²) in [5, 5.41) is 8.85. The molecule has 1 aliphatic heterocycles. The monoisotopic (exact) mass is 332 g/mol. The van der Waals surface area contributed by atoms with Crippen LogP contribution in [0.25, 0.3) is 0 Å². The standard InChI is InChI=1S/C16H20N4O4/c1-11-2-4-14(24-11)13(20-6-8-23-9-7-20)10-17-16(22)12-3-5-15(21)19-18-12/h2-5,13H,6-10H2,1H3,(H,17,22)(H,19,21). The molecule has 8 nitrogen and oxygen atoms in total. The highest BCUT2D eigenvalue weighted by molar-refractivity contribution is 5.91. The van der Waals surface area contributed by atoms with Crippen LogP contribution >= 0.6 is 0 Å². The van der Waals surface area contributed by atoms with E-state index < -0.39 is 0 Å². The molecule has 0 radical (unpaired) electrons. The molecule has 0 aromatic carbocycles. The maximum absolute atomic E-state index is 12.2. The molecule has 1 fully saturated rings. The van der Waals surface area contributed by atoms with Crippen molar-refractivity contribution in [1.82, 2.24) is 20.4 Å². The molecule has 3 heterocycles. The number of ether oxygens (including phenoxy) is 1. The van der Waals surface area contributed by atoms with Gasteiger partial charge in [0.1, 0.15) is 17.2 Å². The molecule has 2 aromatic heterocycles. The fourth-order valence-electron chi connectivity index (χ4n) is 2.68. The van der Waals surface area contributed by atoms with Gasteiger partial charge in [0.15, 0.2) is 0 Å². The smallest absolute Gasteiger partial charge is 0.271 e. The van der Waals surface area contributed by atoms with Crippen molar-refractivity contribution in [3.8, 4) is 0 Å². The fraction of sp³-hybridized carbons (Fsp3) is 0.438. The number of furan rings is 1. The van der Waals surface area contributed by atoms with Gasteiger partial charge in [0, 0.05) is 25.7 Å². The molecule has 1 saturated heterocycles. The first-order valence-corrected chi connectivity index (χ1v) is 7.85. The zero-order valence-electron chi connectivity index (χ0n) is 13.4. The zero-order chi connectivity index (χ0) is 16.9. The van der Waals surface area contributed by atoms with Crippen LogP contribution < -0.4 is 10.9 Å². The van der Waals surface area contributed by atoms with E-state index in [1.807, 2.05) is 19.1 Å². The van der Waals surface area contributed by atoms with Gasteiger partial charge in [-0.15, -0.1) is 0 Å². The Labute approximate surface area is 138 Å². The molecule has 1 aliphatic rings. The zero-order valence-corrected chi connectivity index (χ0v) is 13.4. The summed E-state index contributed by atoms with van der Waals surface area (Å²) in [6.45, 7) is 5.14. The van der Waals surface area contributed by atoms with Crippen molar-refractivity contribution < 1.29 is 13.9 Å². The van der Waals surface area contributed by atoms with Gasteiger partial charge in [-0.1, -0.05) is 0 Å². The highest BCUT2D eigenvalue weighted by Gasteiger charge is 2.26. The van der Waals surface area contributed by atoms with Gasteiger partial charge in [0.05, 0.1) is 19.3 Å². The van der Waals surface area contributed by atoms with Crippen molar-refractivity contribution in [1.29, 1.82) is 0 Å². The van der Waals surface area contributed by atoms with E-state index in [1.54, 1.807) is 0 Å². The van der Waals surface area contributed by atoms with Crippen LogP contribution in [0.3, 0.4) is 0 Å². The van der Waals surface area contributed by atoms with Crippen LogP contribution in [0.5, 0.6) is 0 Å². The second kappa shape index (κ2) is 7.41. The Bertz CT molecular complexity index is 728. The number of H-pyrrole nitrogens is 1. The van der Waals surface area contributed by atoms with Gasteiger partial charge in [-0.2, -0.15) is 5.10 Å². The summed E-state index contributed by atoms with van der Waals surface area (Å²) in [5.74, 6) is 1.30. The Morgan fingerprint density at radius 3 is 2.75 bits per heavy atom. The molecular weight excluding hydrogens is 312 g/mol. The molecule has 0 bridgehead atoms. The molecule has 8 heteroatoms. The molecule has 0 aliphatic carbocycles. The molecule has 128 valence electrons. The van der Waals surface area contributed by atoms with Crippen molar-refractivity contribution in [2.45, 2.75) is 13.0 Å². The lowest BCUT2D eigenvalue weighted by molar-refractivity contribution is 0.0116. The third-order valence-electron chi connectivity index (χ3n) is 3.94. The van der Waals surface area contributed by atoms with Gasteiger partial charge in [-0.25, -0.2) is 5.10 Å². The molecule has 1 atom stereocenters. The predicted molar refractivity (Wildman–Crippen MR) is 85.8 cm³/mol. The van der Waals surface area contributed by atoms with E-state index in [0.29, 0.717) is 19.8 Å². The summed E-state index contributed by atoms with van der Waals surface area (Å²) < 4.78 is 11.1. The van der Waals surface area contributed by atoms with Crippen LogP contribution in [0.15, 0.2) is 33.5 Å². The van der Waals surface area contributed by atoms with Crippen molar-refractivity contribution in [3.63, 3.8) is 0 Å². The van der Waals surface area contributed by atoms with Gasteiger partial charge in [-0.05, 0) is 25.1 Å². The van der Waals surface area contributed by atoms with Gasteiger partial charge >= 0.3 is 0 Å². The summed E-state index contributed by atoms with van der Waals surface area (Å²) in [7, 11) is 0. The Hall–Kier alpha value is -2.45. The predicted octanol–water partition coefficient (Wildman–Crippen LogP) is 0.475. The molecular formula is C16H20N4O4. The number of aryl methyl sites for hydroxylation is 1. The van der Waals surface area contributed by atoms with Crippen molar-refractivity contribution in [3.05, 3.63) is 51.8 Å². The van der Waals surface area contributed by atoms with E-state index in [4.69, 9.17) is 9.15 Å². The van der Waals surface area contributed by atoms with Crippen molar-refractivity contribution >= 4 is 5.91 Å². The second-order valence-corrected chi connectivity index (χ2v) is 5.63. The average Bonchev–Trinajstić information content (AvgIpc) is 3.02. The summed E-state index contributed by atoms with van der Waals surface area (Å²) >= 11 is 0. The van der Waals surface area contributed by atoms with Crippen LogP contribution in [0, 0.1) is 6.92 Å². The normalized spacial score (nSPS) is 16.7. The van der Waals surface area contributed by atoms with Crippen LogP contribution in [0.4, 0.5) is 0 Å². The Morgan fingerprint density at radius 2 is 2.12 bits per heavy atom. The first-order chi connectivity index (χ1) is 11.6. The quantitative estimate of drug-likeness (QED) is 0.826. The summed E-state index contributed by atoms with van der Waals surface area (Å²) in [6.07, 6.45) is 0. The molecule has 2 aromatic rings. The molecule has 3 rings (SSSR count). The fourth-order valence-corrected chi connectivity index (χ4v) is 2.68. The van der Waals surface area contributed by atoms with Crippen LogP contribution in [0.1, 0.15) is 28.1 Å². The SMILES string of the molecule is Cc1ccc(C(CNC(=O)c2ccc(=O)[nH]n2)N2CCOCC2)o1. The number of nitrogens with zero attached hydrogens (tertiary/aromatic N) is 2. The molecule has 24 heavy (non-hydrogen) atoms. The molecule has 1 amide bonds. The van der Waals surface area contributed by atoms with E-state index >= 15 is 0 Å². The topological polar surface area (TPSA) is 100 Å². The lowest BCUT2D eigenvalue weighted by Gasteiger charge is -2.33. The number of amides is 1. The summed E-state index contributed by atoms with van der Waals surface area (Å²) in [5.41, 5.74) is -0.172. The van der Waals surface area contributed by atoms with Crippen LogP contribution in [0.2, 0.25) is 0 Å². The maximum Gasteiger partial charge on any atom is 0.271 e. The molecule has 0 spiro atoms. The Balaban J connectivity index is 1.70. The van der Waals surface area contributed by atoms with Gasteiger partial charge in [0.25, 0.3) is 11.5 Å². The number of hydrogen-bond donors (Lipinski definition) is 2. The Kier molecular flexibility index (Phi) is 5.07. The minimum Gasteiger partial charge on any atom is -0.465 e. The second-order valence-electron chi connectivity index (χ2n) is 5.63. The molecule has 0 saturated carbocycles. The number of aromatic nitrogens is 2. The van der Waals surface area contributed by atoms with Gasteiger partial charge in [0.2, 0.25) is 0 Å². The highest BCUT2D eigenvalue weighted by Crippen LogP contribution is 2.23. The highest BCUT2D eigenvalue weighted by atomic mass is 16.5. The largest absolute Gasteiger partial charge is 0.465 e. The van der Waals surface area contributed by atoms with E-state index in [2.05, 4.69) is 20.4 Å². The molecule has 2 N–H and O–H groups in total. The third kappa shape index (κ3) is 3.90. The lowest BCUT2D eigenvalue weighted by Crippen LogP contribution is -2.43. The first kappa shape index (κ1) is 16.4. The number of carbonyl (C=O) groups excluding carboxylic acids is 1. The number of carbonyl (C=O) groups is 1. The number of morpholine rings is 1. The lowest BCUT2D eigenvalue weighted by atomic mass is 10.1. The van der Waals surface area contributed by atoms with Crippen molar-refractivity contribution in [2.24, 2.45) is 0 Å². The molecule has 1 unspecified atom stereocenters. The van der Waals surface area contributed by atoms with E-state index in [-0.39, 0.29) is 23.2 Å². The van der Waals surface area contributed by atoms with Gasteiger partial charge in [-0.3, -0.25) is 14.5 Å².